The molecule has 2 saturated heterocycles. The third kappa shape index (κ3) is 5.85. The van der Waals surface area contributed by atoms with Crippen molar-refractivity contribution < 1.29 is 4.79 Å². The van der Waals surface area contributed by atoms with Crippen LogP contribution in [0.1, 0.15) is 59.9 Å². The SMILES string of the molecule is Cc1cc(C)cc(-c2[nH]c3sc(C(C)(C)c4nc(C)n[nH]4)cc3c2CCN2CCN(CC(=O)N3CCCC3)CC2)c1. The van der Waals surface area contributed by atoms with Crippen molar-refractivity contribution in [1.82, 2.24) is 34.9 Å². The van der Waals surface area contributed by atoms with Crippen LogP contribution in [0.4, 0.5) is 0 Å². The zero-order chi connectivity index (χ0) is 28.7. The molecule has 3 aromatic heterocycles. The number of carbonyl (C=O) groups is 1. The Morgan fingerprint density at radius 1 is 0.951 bits per heavy atom. The molecule has 5 heterocycles. The Balaban J connectivity index is 1.22. The lowest BCUT2D eigenvalue weighted by Crippen LogP contribution is -2.50. The summed E-state index contributed by atoms with van der Waals surface area (Å²) < 4.78 is 0. The molecule has 9 heteroatoms. The van der Waals surface area contributed by atoms with Crippen molar-refractivity contribution in [3.63, 3.8) is 0 Å². The molecule has 1 amide bonds. The molecule has 1 aromatic carbocycles. The zero-order valence-electron chi connectivity index (χ0n) is 25.1. The highest BCUT2D eigenvalue weighted by molar-refractivity contribution is 7.18. The predicted octanol–water partition coefficient (Wildman–Crippen LogP) is 5.05. The number of nitrogens with one attached hydrogen (secondary N) is 2. The maximum atomic E-state index is 12.6. The number of carbonyl (C=O) groups excluding carboxylic acids is 1. The van der Waals surface area contributed by atoms with Crippen LogP contribution >= 0.6 is 11.3 Å². The minimum atomic E-state index is -0.258. The Morgan fingerprint density at radius 2 is 1.63 bits per heavy atom. The van der Waals surface area contributed by atoms with Crippen molar-refractivity contribution in [3.05, 3.63) is 57.5 Å². The summed E-state index contributed by atoms with van der Waals surface area (Å²) in [6, 6.07) is 9.20. The molecule has 0 aliphatic carbocycles. The maximum Gasteiger partial charge on any atom is 0.236 e. The number of nitrogens with zero attached hydrogens (tertiary/aromatic N) is 5. The predicted molar refractivity (Wildman–Crippen MR) is 167 cm³/mol. The first-order valence-corrected chi connectivity index (χ1v) is 15.8. The van der Waals surface area contributed by atoms with Gasteiger partial charge in [0.05, 0.1) is 17.7 Å². The van der Waals surface area contributed by atoms with Crippen LogP contribution < -0.4 is 0 Å². The highest BCUT2D eigenvalue weighted by atomic mass is 32.1. The third-order valence-electron chi connectivity index (χ3n) is 8.87. The molecule has 2 aliphatic rings. The Labute approximate surface area is 247 Å². The second-order valence-corrected chi connectivity index (χ2v) is 13.6. The second-order valence-electron chi connectivity index (χ2n) is 12.5. The quantitative estimate of drug-likeness (QED) is 0.308. The van der Waals surface area contributed by atoms with E-state index in [4.69, 9.17) is 0 Å². The molecule has 41 heavy (non-hydrogen) atoms. The van der Waals surface area contributed by atoms with Crippen LogP contribution in [-0.4, -0.2) is 93.1 Å². The van der Waals surface area contributed by atoms with E-state index in [0.29, 0.717) is 12.5 Å². The number of likely N-dealkylation sites (tertiary alicyclic amines) is 1. The smallest absolute Gasteiger partial charge is 0.236 e. The Morgan fingerprint density at radius 3 is 2.29 bits per heavy atom. The van der Waals surface area contributed by atoms with Gasteiger partial charge in [-0.15, -0.1) is 11.3 Å². The fourth-order valence-electron chi connectivity index (χ4n) is 6.41. The molecule has 218 valence electrons. The average Bonchev–Trinajstić information content (AvgIpc) is 3.72. The van der Waals surface area contributed by atoms with Gasteiger partial charge in [-0.05, 0) is 83.2 Å². The van der Waals surface area contributed by atoms with Crippen LogP contribution in [0.2, 0.25) is 0 Å². The number of aromatic amines is 2. The fraction of sp³-hybridized carbons (Fsp3) is 0.531. The van der Waals surface area contributed by atoms with Gasteiger partial charge in [0.1, 0.15) is 16.5 Å². The number of benzene rings is 1. The van der Waals surface area contributed by atoms with Gasteiger partial charge >= 0.3 is 0 Å². The van der Waals surface area contributed by atoms with Crippen LogP contribution in [-0.2, 0) is 16.6 Å². The number of hydrogen-bond donors (Lipinski definition) is 2. The van der Waals surface area contributed by atoms with Crippen LogP contribution in [0.3, 0.4) is 0 Å². The molecule has 0 atom stereocenters. The minimum Gasteiger partial charge on any atom is -0.346 e. The normalized spacial score (nSPS) is 17.2. The summed E-state index contributed by atoms with van der Waals surface area (Å²) in [6.45, 7) is 18.1. The van der Waals surface area contributed by atoms with E-state index in [1.54, 1.807) is 0 Å². The van der Waals surface area contributed by atoms with Gasteiger partial charge in [0, 0.05) is 56.1 Å². The van der Waals surface area contributed by atoms with Gasteiger partial charge in [-0.1, -0.05) is 17.2 Å². The first-order chi connectivity index (χ1) is 19.7. The van der Waals surface area contributed by atoms with Crippen molar-refractivity contribution in [2.24, 2.45) is 0 Å². The molecule has 0 unspecified atom stereocenters. The van der Waals surface area contributed by atoms with Crippen molar-refractivity contribution in [2.45, 2.75) is 59.3 Å². The monoisotopic (exact) mass is 573 g/mol. The van der Waals surface area contributed by atoms with Crippen LogP contribution in [0, 0.1) is 20.8 Å². The second kappa shape index (κ2) is 11.3. The van der Waals surface area contributed by atoms with Gasteiger partial charge in [-0.25, -0.2) is 4.98 Å². The molecule has 6 rings (SSSR count). The van der Waals surface area contributed by atoms with E-state index in [-0.39, 0.29) is 5.41 Å². The maximum absolute atomic E-state index is 12.6. The van der Waals surface area contributed by atoms with Gasteiger partial charge < -0.3 is 14.8 Å². The number of rotatable bonds is 8. The van der Waals surface area contributed by atoms with E-state index in [1.807, 2.05) is 23.2 Å². The molecule has 2 fully saturated rings. The van der Waals surface area contributed by atoms with E-state index in [9.17, 15) is 4.79 Å². The van der Waals surface area contributed by atoms with Crippen molar-refractivity contribution in [3.8, 4) is 11.3 Å². The van der Waals surface area contributed by atoms with E-state index in [2.05, 4.69) is 81.9 Å². The lowest BCUT2D eigenvalue weighted by molar-refractivity contribution is -0.131. The molecular weight excluding hydrogens is 530 g/mol. The number of hydrogen-bond acceptors (Lipinski definition) is 6. The number of thiophene rings is 1. The molecule has 4 aromatic rings. The topological polar surface area (TPSA) is 84.1 Å². The Hall–Kier alpha value is -3.01. The summed E-state index contributed by atoms with van der Waals surface area (Å²) >= 11 is 1.82. The first-order valence-electron chi connectivity index (χ1n) is 15.0. The summed E-state index contributed by atoms with van der Waals surface area (Å²) in [7, 11) is 0. The van der Waals surface area contributed by atoms with Crippen LogP contribution in [0.25, 0.3) is 21.5 Å². The average molecular weight is 574 g/mol. The molecular formula is C32H43N7OS. The van der Waals surface area contributed by atoms with Crippen LogP contribution in [0.15, 0.2) is 24.3 Å². The van der Waals surface area contributed by atoms with Crippen molar-refractivity contribution in [2.75, 3.05) is 52.4 Å². The number of fused-ring (bicyclic) bond motifs is 1. The summed E-state index contributed by atoms with van der Waals surface area (Å²) in [5.41, 5.74) is 6.21. The summed E-state index contributed by atoms with van der Waals surface area (Å²) in [4.78, 5) is 30.6. The zero-order valence-corrected chi connectivity index (χ0v) is 26.0. The highest BCUT2D eigenvalue weighted by Gasteiger charge is 2.31. The summed E-state index contributed by atoms with van der Waals surface area (Å²) in [6.07, 6.45) is 3.28. The number of amides is 1. The van der Waals surface area contributed by atoms with E-state index in [1.165, 1.54) is 43.0 Å². The summed E-state index contributed by atoms with van der Waals surface area (Å²) in [5.74, 6) is 1.98. The fourth-order valence-corrected chi connectivity index (χ4v) is 7.60. The largest absolute Gasteiger partial charge is 0.346 e. The Bertz CT molecular complexity index is 1510. The first kappa shape index (κ1) is 28.1. The standard InChI is InChI=1S/C32H43N7OS/c1-21-16-22(2)18-24(17-21)29-25(8-11-37-12-14-38(15-13-37)20-28(40)39-9-6-7-10-39)26-19-27(41-30(26)34-29)32(4,5)31-33-23(3)35-36-31/h16-19,34H,6-15,20H2,1-5H3,(H,33,35,36). The molecule has 0 bridgehead atoms. The van der Waals surface area contributed by atoms with Gasteiger partial charge in [-0.3, -0.25) is 14.8 Å². The number of piperazine rings is 1. The van der Waals surface area contributed by atoms with E-state index >= 15 is 0 Å². The minimum absolute atomic E-state index is 0.258. The van der Waals surface area contributed by atoms with Crippen LogP contribution in [0.5, 0.6) is 0 Å². The van der Waals surface area contributed by atoms with Gasteiger partial charge in [0.15, 0.2) is 0 Å². The van der Waals surface area contributed by atoms with Gasteiger partial charge in [-0.2, -0.15) is 5.10 Å². The lowest BCUT2D eigenvalue weighted by atomic mass is 9.90. The van der Waals surface area contributed by atoms with Gasteiger partial charge in [0.2, 0.25) is 5.91 Å². The molecule has 8 nitrogen and oxygen atoms in total. The molecule has 0 radical (unpaired) electrons. The lowest BCUT2D eigenvalue weighted by Gasteiger charge is -2.35. The molecule has 0 spiro atoms. The van der Waals surface area contributed by atoms with E-state index in [0.717, 1.165) is 76.7 Å². The number of aromatic nitrogens is 4. The van der Waals surface area contributed by atoms with Crippen molar-refractivity contribution in [1.29, 1.82) is 0 Å². The number of H-pyrrole nitrogens is 2. The molecule has 0 saturated carbocycles. The van der Waals surface area contributed by atoms with Gasteiger partial charge in [0.25, 0.3) is 0 Å². The van der Waals surface area contributed by atoms with Crippen molar-refractivity contribution >= 4 is 27.5 Å². The Kier molecular flexibility index (Phi) is 7.78. The highest BCUT2D eigenvalue weighted by Crippen LogP contribution is 2.42. The molecule has 2 N–H and O–H groups in total. The van der Waals surface area contributed by atoms with E-state index < -0.39 is 0 Å². The molecule has 2 aliphatic heterocycles. The number of aryl methyl sites for hydroxylation is 3. The third-order valence-corrected chi connectivity index (χ3v) is 10.2. The summed E-state index contributed by atoms with van der Waals surface area (Å²) in [5, 5.41) is 8.75.